The van der Waals surface area contributed by atoms with Gasteiger partial charge in [0.2, 0.25) is 0 Å². The Bertz CT molecular complexity index is 596. The molecular weight excluding hydrogens is 324 g/mol. The van der Waals surface area contributed by atoms with E-state index in [1.165, 1.54) is 24.0 Å². The van der Waals surface area contributed by atoms with E-state index in [9.17, 15) is 0 Å². The van der Waals surface area contributed by atoms with Crippen molar-refractivity contribution in [3.05, 3.63) is 84.4 Å². The first kappa shape index (κ1) is 19.3. The lowest BCUT2D eigenvalue weighted by Crippen LogP contribution is -2.28. The minimum absolute atomic E-state index is 0.661. The first-order chi connectivity index (χ1) is 12.3. The molecule has 0 saturated carbocycles. The van der Waals surface area contributed by atoms with Crippen LogP contribution in [0.1, 0.15) is 30.9 Å². The Morgan fingerprint density at radius 1 is 1.00 bits per heavy atom. The second kappa shape index (κ2) is 11.5. The molecule has 0 aliphatic rings. The number of amidine groups is 1. The summed E-state index contributed by atoms with van der Waals surface area (Å²) in [6.07, 6.45) is 4.28. The van der Waals surface area contributed by atoms with Gasteiger partial charge in [-0.25, -0.2) is 0 Å². The summed E-state index contributed by atoms with van der Waals surface area (Å²) in [6, 6.07) is 21.2. The summed E-state index contributed by atoms with van der Waals surface area (Å²) in [5, 5.41) is 1.11. The maximum absolute atomic E-state index is 4.79. The predicted octanol–water partition coefficient (Wildman–Crippen LogP) is 5.76. The summed E-state index contributed by atoms with van der Waals surface area (Å²) in [4.78, 5) is 7.18. The van der Waals surface area contributed by atoms with Crippen LogP contribution in [0.25, 0.3) is 0 Å². The van der Waals surface area contributed by atoms with Crippen LogP contribution in [0.4, 0.5) is 0 Å². The van der Waals surface area contributed by atoms with Crippen molar-refractivity contribution in [1.29, 1.82) is 0 Å². The molecule has 0 aliphatic carbocycles. The van der Waals surface area contributed by atoms with Crippen molar-refractivity contribution in [1.82, 2.24) is 4.90 Å². The van der Waals surface area contributed by atoms with Gasteiger partial charge in [0.25, 0.3) is 0 Å². The van der Waals surface area contributed by atoms with Crippen LogP contribution in [0.2, 0.25) is 0 Å². The van der Waals surface area contributed by atoms with E-state index in [1.807, 2.05) is 17.8 Å². The number of nitrogens with zero attached hydrogens (tertiary/aromatic N) is 2. The van der Waals surface area contributed by atoms with E-state index in [0.29, 0.717) is 6.54 Å². The molecule has 0 aromatic heterocycles. The number of hydrogen-bond acceptors (Lipinski definition) is 2. The molecule has 25 heavy (non-hydrogen) atoms. The van der Waals surface area contributed by atoms with Crippen LogP contribution in [-0.2, 0) is 13.1 Å². The van der Waals surface area contributed by atoms with Gasteiger partial charge < -0.3 is 4.90 Å². The highest BCUT2D eigenvalue weighted by Gasteiger charge is 2.13. The van der Waals surface area contributed by atoms with Gasteiger partial charge in [0, 0.05) is 18.8 Å². The summed E-state index contributed by atoms with van der Waals surface area (Å²) < 4.78 is 0. The van der Waals surface area contributed by atoms with Crippen molar-refractivity contribution in [3.63, 3.8) is 0 Å². The predicted molar refractivity (Wildman–Crippen MR) is 112 cm³/mol. The Balaban J connectivity index is 2.20. The highest BCUT2D eigenvalue weighted by molar-refractivity contribution is 8.13. The molecule has 3 heteroatoms. The molecule has 0 spiro atoms. The molecule has 2 rings (SSSR count). The van der Waals surface area contributed by atoms with Crippen LogP contribution in [0, 0.1) is 0 Å². The smallest absolute Gasteiger partial charge is 0.160 e. The van der Waals surface area contributed by atoms with E-state index in [2.05, 4.69) is 79.1 Å². The highest BCUT2D eigenvalue weighted by atomic mass is 32.2. The van der Waals surface area contributed by atoms with Gasteiger partial charge in [-0.3, -0.25) is 4.99 Å². The summed E-state index contributed by atoms with van der Waals surface area (Å²) in [5.41, 5.74) is 2.61. The molecule has 2 aromatic rings. The molecule has 0 bridgehead atoms. The molecule has 0 N–H and O–H groups in total. The van der Waals surface area contributed by atoms with Crippen molar-refractivity contribution in [2.24, 2.45) is 4.99 Å². The number of aliphatic imine (C=N–C) groups is 1. The van der Waals surface area contributed by atoms with Crippen molar-refractivity contribution in [3.8, 4) is 0 Å². The SMILES string of the molecule is C=CCN=C(SCCCC)N(Cc1ccccc1)Cc1ccccc1. The Kier molecular flexibility index (Phi) is 8.92. The molecule has 2 nitrogen and oxygen atoms in total. The normalized spacial score (nSPS) is 11.3. The molecule has 0 fully saturated rings. The third-order valence-electron chi connectivity index (χ3n) is 3.79. The largest absolute Gasteiger partial charge is 0.343 e. The Morgan fingerprint density at radius 3 is 2.04 bits per heavy atom. The molecule has 0 amide bonds. The Hall–Kier alpha value is -2.00. The molecule has 0 aliphatic heterocycles. The van der Waals surface area contributed by atoms with Crippen LogP contribution >= 0.6 is 11.8 Å². The molecule has 0 saturated heterocycles. The van der Waals surface area contributed by atoms with Crippen LogP contribution in [0.15, 0.2) is 78.3 Å². The Morgan fingerprint density at radius 2 is 1.56 bits per heavy atom. The lowest BCUT2D eigenvalue weighted by Gasteiger charge is -2.26. The Labute approximate surface area is 156 Å². The van der Waals surface area contributed by atoms with Gasteiger partial charge in [-0.15, -0.1) is 6.58 Å². The van der Waals surface area contributed by atoms with Crippen LogP contribution < -0.4 is 0 Å². The maximum atomic E-state index is 4.79. The minimum atomic E-state index is 0.661. The van der Waals surface area contributed by atoms with Gasteiger partial charge in [-0.2, -0.15) is 0 Å². The minimum Gasteiger partial charge on any atom is -0.343 e. The standard InChI is InChI=1S/C22H28N2S/c1-3-5-17-25-22(23-16-4-2)24(18-20-12-8-6-9-13-20)19-21-14-10-7-11-15-21/h4,6-15H,2-3,5,16-19H2,1H3. The topological polar surface area (TPSA) is 15.6 Å². The van der Waals surface area contributed by atoms with Crippen LogP contribution in [0.5, 0.6) is 0 Å². The number of rotatable bonds is 9. The summed E-state index contributed by atoms with van der Waals surface area (Å²) in [6.45, 7) is 8.44. The van der Waals surface area contributed by atoms with E-state index < -0.39 is 0 Å². The summed E-state index contributed by atoms with van der Waals surface area (Å²) in [7, 11) is 0. The number of unbranched alkanes of at least 4 members (excludes halogenated alkanes) is 1. The molecular formula is C22H28N2S. The first-order valence-electron chi connectivity index (χ1n) is 8.94. The van der Waals surface area contributed by atoms with Gasteiger partial charge in [0.1, 0.15) is 0 Å². The molecule has 0 radical (unpaired) electrons. The van der Waals surface area contributed by atoms with Crippen LogP contribution in [0.3, 0.4) is 0 Å². The summed E-state index contributed by atoms with van der Waals surface area (Å²) in [5.74, 6) is 1.10. The van der Waals surface area contributed by atoms with E-state index in [4.69, 9.17) is 4.99 Å². The van der Waals surface area contributed by atoms with Gasteiger partial charge >= 0.3 is 0 Å². The average Bonchev–Trinajstić information content (AvgIpc) is 2.66. The molecule has 0 unspecified atom stereocenters. The number of thioether (sulfide) groups is 1. The van der Waals surface area contributed by atoms with E-state index >= 15 is 0 Å². The van der Waals surface area contributed by atoms with Crippen LogP contribution in [-0.4, -0.2) is 22.4 Å². The zero-order valence-electron chi connectivity index (χ0n) is 15.1. The molecule has 0 atom stereocenters. The van der Waals surface area contributed by atoms with Crippen molar-refractivity contribution >= 4 is 16.9 Å². The summed E-state index contributed by atoms with van der Waals surface area (Å²) >= 11 is 1.86. The maximum Gasteiger partial charge on any atom is 0.160 e. The fourth-order valence-electron chi connectivity index (χ4n) is 2.49. The fraction of sp³-hybridized carbons (Fsp3) is 0.318. The fourth-order valence-corrected chi connectivity index (χ4v) is 3.58. The lowest BCUT2D eigenvalue weighted by atomic mass is 10.2. The zero-order valence-corrected chi connectivity index (χ0v) is 15.9. The number of hydrogen-bond donors (Lipinski definition) is 0. The van der Waals surface area contributed by atoms with Gasteiger partial charge in [-0.1, -0.05) is 91.8 Å². The van der Waals surface area contributed by atoms with Crippen molar-refractivity contribution in [2.45, 2.75) is 32.9 Å². The molecule has 2 aromatic carbocycles. The van der Waals surface area contributed by atoms with E-state index in [1.54, 1.807) is 0 Å². The second-order valence-electron chi connectivity index (χ2n) is 5.94. The quantitative estimate of drug-likeness (QED) is 0.247. The lowest BCUT2D eigenvalue weighted by molar-refractivity contribution is 0.414. The van der Waals surface area contributed by atoms with Gasteiger partial charge in [-0.05, 0) is 17.5 Å². The monoisotopic (exact) mass is 352 g/mol. The van der Waals surface area contributed by atoms with Crippen molar-refractivity contribution < 1.29 is 0 Å². The first-order valence-corrected chi connectivity index (χ1v) is 9.93. The van der Waals surface area contributed by atoms with Gasteiger partial charge in [0.15, 0.2) is 5.17 Å². The molecule has 0 heterocycles. The van der Waals surface area contributed by atoms with Crippen molar-refractivity contribution in [2.75, 3.05) is 12.3 Å². The highest BCUT2D eigenvalue weighted by Crippen LogP contribution is 2.18. The zero-order chi connectivity index (χ0) is 17.7. The molecule has 132 valence electrons. The third kappa shape index (κ3) is 7.18. The second-order valence-corrected chi connectivity index (χ2v) is 7.00. The van der Waals surface area contributed by atoms with Gasteiger partial charge in [0.05, 0.1) is 6.54 Å². The van der Waals surface area contributed by atoms with E-state index in [-0.39, 0.29) is 0 Å². The third-order valence-corrected chi connectivity index (χ3v) is 4.93. The average molecular weight is 353 g/mol. The number of benzene rings is 2. The van der Waals surface area contributed by atoms with E-state index in [0.717, 1.165) is 24.0 Å².